The number of sulfone groups is 1. The Morgan fingerprint density at radius 1 is 0.900 bits per heavy atom. The van der Waals surface area contributed by atoms with E-state index < -0.39 is 15.6 Å². The van der Waals surface area contributed by atoms with Crippen molar-refractivity contribution in [2.24, 2.45) is 0 Å². The topological polar surface area (TPSA) is 85.8 Å². The van der Waals surface area contributed by atoms with E-state index in [4.69, 9.17) is 9.47 Å². The van der Waals surface area contributed by atoms with Crippen molar-refractivity contribution in [1.29, 1.82) is 0 Å². The van der Waals surface area contributed by atoms with Crippen LogP contribution in [-0.4, -0.2) is 32.5 Å². The van der Waals surface area contributed by atoms with E-state index in [1.807, 2.05) is 30.3 Å². The molecule has 2 aromatic carbocycles. The first kappa shape index (κ1) is 18.9. The van der Waals surface area contributed by atoms with E-state index >= 15 is 0 Å². The van der Waals surface area contributed by atoms with E-state index in [0.717, 1.165) is 0 Å². The van der Waals surface area contributed by atoms with Crippen LogP contribution in [0.5, 0.6) is 0 Å². The quantitative estimate of drug-likeness (QED) is 0.644. The average molecular weight is 422 g/mol. The highest BCUT2D eigenvalue weighted by Gasteiger charge is 2.55. The van der Waals surface area contributed by atoms with Crippen molar-refractivity contribution in [2.45, 2.75) is 22.0 Å². The maximum atomic E-state index is 13.5. The average Bonchev–Trinajstić information content (AvgIpc) is 3.03. The molecular formula is C22H18N2O5S. The summed E-state index contributed by atoms with van der Waals surface area (Å²) in [5.74, 6) is -2.03. The molecule has 5 rings (SSSR count). The number of amides is 1. The van der Waals surface area contributed by atoms with E-state index in [1.54, 1.807) is 6.07 Å². The molecule has 8 heteroatoms. The van der Waals surface area contributed by atoms with Gasteiger partial charge >= 0.3 is 0 Å². The van der Waals surface area contributed by atoms with Crippen LogP contribution < -0.4 is 4.90 Å². The third-order valence-corrected chi connectivity index (χ3v) is 7.00. The lowest BCUT2D eigenvalue weighted by atomic mass is 10.1. The molecule has 0 radical (unpaired) electrons. The highest BCUT2D eigenvalue weighted by molar-refractivity contribution is 7.91. The van der Waals surface area contributed by atoms with Gasteiger partial charge < -0.3 is 9.47 Å². The monoisotopic (exact) mass is 422 g/mol. The third-order valence-electron chi connectivity index (χ3n) is 5.23. The summed E-state index contributed by atoms with van der Waals surface area (Å²) in [5, 5.41) is 0. The Morgan fingerprint density at radius 3 is 2.30 bits per heavy atom. The minimum absolute atomic E-state index is 0.0623. The summed E-state index contributed by atoms with van der Waals surface area (Å²) < 4.78 is 38.0. The SMILES string of the molecule is O=C1N(c2ccccc2)c2ccc(S(=O)(=O)c3ccncc3)cc2C12OCCCO2. The standard InChI is InChI=1S/C22H18N2O5S/c25-21-22(28-13-4-14-29-22)19-15-18(30(26,27)17-9-11-23-12-10-17)7-8-20(19)24(21)16-5-2-1-3-6-16/h1-3,5-12,15H,4,13-14H2. The maximum absolute atomic E-state index is 13.5. The molecule has 0 unspecified atom stereocenters. The van der Waals surface area contributed by atoms with Gasteiger partial charge in [0.25, 0.3) is 11.7 Å². The number of aromatic nitrogens is 1. The lowest BCUT2D eigenvalue weighted by Crippen LogP contribution is -2.46. The first-order chi connectivity index (χ1) is 14.5. The van der Waals surface area contributed by atoms with Gasteiger partial charge in [0.15, 0.2) is 0 Å². The van der Waals surface area contributed by atoms with E-state index in [0.29, 0.717) is 36.6 Å². The van der Waals surface area contributed by atoms with Crippen LogP contribution in [0.15, 0.2) is 82.8 Å². The second-order valence-corrected chi connectivity index (χ2v) is 8.96. The Kier molecular flexibility index (Phi) is 4.43. The zero-order chi connectivity index (χ0) is 20.8. The fourth-order valence-electron chi connectivity index (χ4n) is 3.81. The molecule has 1 aromatic heterocycles. The van der Waals surface area contributed by atoms with Crippen molar-refractivity contribution < 1.29 is 22.7 Å². The van der Waals surface area contributed by atoms with Gasteiger partial charge in [0, 0.05) is 23.6 Å². The van der Waals surface area contributed by atoms with Crippen LogP contribution in [0.25, 0.3) is 0 Å². The lowest BCUT2D eigenvalue weighted by molar-refractivity contribution is -0.256. The van der Waals surface area contributed by atoms with Gasteiger partial charge in [-0.1, -0.05) is 18.2 Å². The number of benzene rings is 2. The van der Waals surface area contributed by atoms with Gasteiger partial charge in [-0.15, -0.1) is 0 Å². The van der Waals surface area contributed by atoms with Crippen LogP contribution in [0.4, 0.5) is 11.4 Å². The van der Waals surface area contributed by atoms with Crippen LogP contribution in [0.3, 0.4) is 0 Å². The summed E-state index contributed by atoms with van der Waals surface area (Å²) in [6.45, 7) is 0.685. The van der Waals surface area contributed by atoms with Gasteiger partial charge in [-0.25, -0.2) is 8.42 Å². The highest BCUT2D eigenvalue weighted by Crippen LogP contribution is 2.49. The number of rotatable bonds is 3. The molecule has 3 heterocycles. The molecule has 0 saturated carbocycles. The minimum atomic E-state index is -3.80. The van der Waals surface area contributed by atoms with Gasteiger partial charge in [-0.3, -0.25) is 14.7 Å². The Labute approximate surface area is 173 Å². The number of carbonyl (C=O) groups excluding carboxylic acids is 1. The number of para-hydroxylation sites is 1. The molecule has 30 heavy (non-hydrogen) atoms. The maximum Gasteiger partial charge on any atom is 0.297 e. The fraction of sp³-hybridized carbons (Fsp3) is 0.182. The molecule has 2 aliphatic rings. The number of ether oxygens (including phenoxy) is 2. The molecule has 152 valence electrons. The Bertz CT molecular complexity index is 1210. The van der Waals surface area contributed by atoms with E-state index in [1.165, 1.54) is 41.6 Å². The fourth-order valence-corrected chi connectivity index (χ4v) is 5.08. The molecule has 2 aliphatic heterocycles. The van der Waals surface area contributed by atoms with E-state index in [2.05, 4.69) is 4.98 Å². The van der Waals surface area contributed by atoms with Crippen molar-refractivity contribution in [1.82, 2.24) is 4.98 Å². The number of carbonyl (C=O) groups is 1. The summed E-state index contributed by atoms with van der Waals surface area (Å²) in [7, 11) is -3.80. The highest BCUT2D eigenvalue weighted by atomic mass is 32.2. The normalized spacial score (nSPS) is 17.9. The molecule has 0 N–H and O–H groups in total. The number of hydrogen-bond acceptors (Lipinski definition) is 6. The van der Waals surface area contributed by atoms with Gasteiger partial charge in [0.2, 0.25) is 9.84 Å². The second kappa shape index (κ2) is 7.02. The molecule has 1 amide bonds. The van der Waals surface area contributed by atoms with Crippen molar-refractivity contribution >= 4 is 27.1 Å². The van der Waals surface area contributed by atoms with Gasteiger partial charge in [-0.05, 0) is 48.9 Å². The lowest BCUT2D eigenvalue weighted by Gasteiger charge is -2.32. The summed E-state index contributed by atoms with van der Waals surface area (Å²) in [6.07, 6.45) is 3.51. The van der Waals surface area contributed by atoms with Gasteiger partial charge in [0.05, 0.1) is 28.7 Å². The number of hydrogen-bond donors (Lipinski definition) is 0. The first-order valence-corrected chi connectivity index (χ1v) is 11.0. The van der Waals surface area contributed by atoms with Gasteiger partial charge in [-0.2, -0.15) is 0 Å². The molecule has 0 bridgehead atoms. The van der Waals surface area contributed by atoms with Crippen molar-refractivity contribution in [3.63, 3.8) is 0 Å². The Hall–Kier alpha value is -3.07. The van der Waals surface area contributed by atoms with Crippen molar-refractivity contribution in [3.05, 3.63) is 78.6 Å². The molecule has 3 aromatic rings. The van der Waals surface area contributed by atoms with Crippen LogP contribution in [0, 0.1) is 0 Å². The molecule has 1 fully saturated rings. The Morgan fingerprint density at radius 2 is 1.60 bits per heavy atom. The molecular weight excluding hydrogens is 404 g/mol. The molecule has 1 spiro atoms. The van der Waals surface area contributed by atoms with Crippen molar-refractivity contribution in [3.8, 4) is 0 Å². The predicted octanol–water partition coefficient (Wildman–Crippen LogP) is 3.18. The summed E-state index contributed by atoms with van der Waals surface area (Å²) in [6, 6.07) is 16.6. The van der Waals surface area contributed by atoms with Crippen LogP contribution >= 0.6 is 0 Å². The summed E-state index contributed by atoms with van der Waals surface area (Å²) in [4.78, 5) is 19.1. The smallest absolute Gasteiger partial charge is 0.297 e. The summed E-state index contributed by atoms with van der Waals surface area (Å²) >= 11 is 0. The molecule has 0 atom stereocenters. The molecule has 0 aliphatic carbocycles. The number of anilines is 2. The zero-order valence-electron chi connectivity index (χ0n) is 15.9. The van der Waals surface area contributed by atoms with Crippen LogP contribution in [-0.2, 0) is 29.9 Å². The Balaban J connectivity index is 1.70. The first-order valence-electron chi connectivity index (χ1n) is 9.51. The van der Waals surface area contributed by atoms with E-state index in [-0.39, 0.29) is 15.7 Å². The zero-order valence-corrected chi connectivity index (χ0v) is 16.7. The molecule has 7 nitrogen and oxygen atoms in total. The number of pyridine rings is 1. The number of fused-ring (bicyclic) bond motifs is 2. The third kappa shape index (κ3) is 2.76. The minimum Gasteiger partial charge on any atom is -0.338 e. The van der Waals surface area contributed by atoms with Crippen LogP contribution in [0.2, 0.25) is 0 Å². The second-order valence-electron chi connectivity index (χ2n) is 7.01. The summed E-state index contributed by atoms with van der Waals surface area (Å²) in [5.41, 5.74) is 1.59. The molecule has 1 saturated heterocycles. The predicted molar refractivity (Wildman–Crippen MR) is 108 cm³/mol. The van der Waals surface area contributed by atoms with E-state index in [9.17, 15) is 13.2 Å². The van der Waals surface area contributed by atoms with Crippen LogP contribution in [0.1, 0.15) is 12.0 Å². The largest absolute Gasteiger partial charge is 0.338 e. The van der Waals surface area contributed by atoms with Gasteiger partial charge in [0.1, 0.15) is 0 Å². The number of nitrogens with zero attached hydrogens (tertiary/aromatic N) is 2. The van der Waals surface area contributed by atoms with Crippen molar-refractivity contribution in [2.75, 3.05) is 18.1 Å².